The second kappa shape index (κ2) is 10.1. The van der Waals surface area contributed by atoms with Crippen molar-refractivity contribution < 1.29 is 0 Å². The molecule has 0 saturated heterocycles. The summed E-state index contributed by atoms with van der Waals surface area (Å²) in [6.07, 6.45) is 23.6. The van der Waals surface area contributed by atoms with E-state index < -0.39 is 0 Å². The molecular weight excluding hydrogens is 244 g/mol. The molecule has 2 aliphatic rings. The fourth-order valence-electron chi connectivity index (χ4n) is 3.54. The molecule has 0 aromatic heterocycles. The largest absolute Gasteiger partial charge is 0.164 e. The van der Waals surface area contributed by atoms with Crippen LogP contribution in [-0.4, -0.2) is 12.4 Å². The Morgan fingerprint density at radius 3 is 1.10 bits per heavy atom. The topological polar surface area (TPSA) is 24.7 Å². The lowest BCUT2D eigenvalue weighted by Crippen LogP contribution is -2.06. The second-order valence-corrected chi connectivity index (χ2v) is 6.74. The van der Waals surface area contributed by atoms with Gasteiger partial charge in [-0.2, -0.15) is 10.2 Å². The molecule has 20 heavy (non-hydrogen) atoms. The first-order valence-electron chi connectivity index (χ1n) is 9.02. The minimum atomic E-state index is 0.685. The molecule has 0 spiro atoms. The van der Waals surface area contributed by atoms with Crippen LogP contribution in [0.4, 0.5) is 0 Å². The first-order valence-corrected chi connectivity index (χ1v) is 9.02. The van der Waals surface area contributed by atoms with Crippen LogP contribution in [0.15, 0.2) is 10.2 Å². The van der Waals surface area contributed by atoms with Crippen LogP contribution >= 0.6 is 0 Å². The maximum atomic E-state index is 4.36. The molecule has 0 radical (unpaired) electrons. The van der Waals surface area contributed by atoms with E-state index in [-0.39, 0.29) is 0 Å². The van der Waals surface area contributed by atoms with Gasteiger partial charge in [0.25, 0.3) is 0 Å². The van der Waals surface area contributed by atoms with Crippen LogP contribution in [0.2, 0.25) is 0 Å². The molecule has 0 aliphatic heterocycles. The predicted molar refractivity (Wildman–Crippen MR) is 88.6 cm³/mol. The average Bonchev–Trinajstić information content (AvgIpc) is 2.38. The molecule has 2 aliphatic carbocycles. The van der Waals surface area contributed by atoms with Crippen molar-refractivity contribution in [2.45, 2.75) is 89.9 Å². The summed E-state index contributed by atoms with van der Waals surface area (Å²) in [6, 6.07) is 0. The van der Waals surface area contributed by atoms with E-state index in [9.17, 15) is 0 Å². The van der Waals surface area contributed by atoms with Crippen molar-refractivity contribution in [2.75, 3.05) is 0 Å². The zero-order chi connectivity index (χ0) is 13.9. The van der Waals surface area contributed by atoms with Crippen LogP contribution in [0.25, 0.3) is 0 Å². The third-order valence-electron chi connectivity index (χ3n) is 4.92. The standard InChI is InChI=1S/C18H32N2/c1-3-7-11-17(12-8-4-1)15-19-20-16-18-13-9-5-2-6-10-14-18/h15-18H,1-14H2/b19-15+,20-16+. The maximum absolute atomic E-state index is 4.36. The van der Waals surface area contributed by atoms with Gasteiger partial charge in [0.1, 0.15) is 0 Å². The van der Waals surface area contributed by atoms with E-state index in [0.717, 1.165) is 0 Å². The summed E-state index contributed by atoms with van der Waals surface area (Å²) >= 11 is 0. The van der Waals surface area contributed by atoms with E-state index in [4.69, 9.17) is 0 Å². The Morgan fingerprint density at radius 2 is 0.750 bits per heavy atom. The number of rotatable bonds is 3. The summed E-state index contributed by atoms with van der Waals surface area (Å²) in [7, 11) is 0. The Balaban J connectivity index is 1.70. The summed E-state index contributed by atoms with van der Waals surface area (Å²) < 4.78 is 0. The molecule has 0 heterocycles. The van der Waals surface area contributed by atoms with Gasteiger partial charge in [-0.25, -0.2) is 0 Å². The quantitative estimate of drug-likeness (QED) is 0.462. The number of hydrogen-bond donors (Lipinski definition) is 0. The fourth-order valence-corrected chi connectivity index (χ4v) is 3.54. The second-order valence-electron chi connectivity index (χ2n) is 6.74. The molecule has 2 heteroatoms. The zero-order valence-electron chi connectivity index (χ0n) is 13.1. The lowest BCUT2D eigenvalue weighted by Gasteiger charge is -2.15. The highest BCUT2D eigenvalue weighted by atomic mass is 15.2. The molecule has 0 aromatic rings. The lowest BCUT2D eigenvalue weighted by molar-refractivity contribution is 0.455. The molecule has 2 rings (SSSR count). The molecule has 0 unspecified atom stereocenters. The Hall–Kier alpha value is -0.660. The van der Waals surface area contributed by atoms with Crippen LogP contribution in [-0.2, 0) is 0 Å². The van der Waals surface area contributed by atoms with Gasteiger partial charge in [0.15, 0.2) is 0 Å². The molecule has 0 N–H and O–H groups in total. The van der Waals surface area contributed by atoms with Crippen molar-refractivity contribution in [3.63, 3.8) is 0 Å². The fraction of sp³-hybridized carbons (Fsp3) is 0.889. The van der Waals surface area contributed by atoms with Crippen LogP contribution in [0, 0.1) is 11.8 Å². The monoisotopic (exact) mass is 276 g/mol. The van der Waals surface area contributed by atoms with Gasteiger partial charge in [0.05, 0.1) is 0 Å². The van der Waals surface area contributed by atoms with Crippen molar-refractivity contribution in [1.29, 1.82) is 0 Å². The lowest BCUT2D eigenvalue weighted by atomic mass is 9.92. The van der Waals surface area contributed by atoms with Gasteiger partial charge in [-0.05, 0) is 37.5 Å². The normalized spacial score (nSPS) is 25.4. The number of nitrogens with zero attached hydrogens (tertiary/aromatic N) is 2. The first-order chi connectivity index (χ1) is 9.95. The smallest absolute Gasteiger partial charge is 0.0301 e. The van der Waals surface area contributed by atoms with Crippen LogP contribution in [0.3, 0.4) is 0 Å². The highest BCUT2D eigenvalue weighted by Crippen LogP contribution is 2.22. The van der Waals surface area contributed by atoms with Gasteiger partial charge in [-0.1, -0.05) is 64.2 Å². The van der Waals surface area contributed by atoms with Crippen molar-refractivity contribution >= 4 is 12.4 Å². The SMILES string of the molecule is C(=N\N=C\C1CCCCCCC1)/C1CCCCCCC1. The molecule has 0 aromatic carbocycles. The number of hydrogen-bond acceptors (Lipinski definition) is 2. The van der Waals surface area contributed by atoms with E-state index in [1.165, 1.54) is 89.9 Å². The molecule has 0 atom stereocenters. The average molecular weight is 276 g/mol. The molecule has 2 nitrogen and oxygen atoms in total. The minimum Gasteiger partial charge on any atom is -0.164 e. The van der Waals surface area contributed by atoms with Gasteiger partial charge in [-0.15, -0.1) is 0 Å². The Labute approximate surface area is 125 Å². The van der Waals surface area contributed by atoms with Crippen molar-refractivity contribution in [1.82, 2.24) is 0 Å². The molecule has 2 saturated carbocycles. The summed E-state index contributed by atoms with van der Waals surface area (Å²) in [4.78, 5) is 0. The van der Waals surface area contributed by atoms with E-state index >= 15 is 0 Å². The van der Waals surface area contributed by atoms with E-state index in [1.54, 1.807) is 0 Å². The van der Waals surface area contributed by atoms with E-state index in [0.29, 0.717) is 11.8 Å². The van der Waals surface area contributed by atoms with Gasteiger partial charge in [-0.3, -0.25) is 0 Å². The molecule has 2 fully saturated rings. The minimum absolute atomic E-state index is 0.685. The highest BCUT2D eigenvalue weighted by molar-refractivity contribution is 5.64. The van der Waals surface area contributed by atoms with Gasteiger partial charge in [0, 0.05) is 12.4 Å². The van der Waals surface area contributed by atoms with Crippen LogP contribution in [0.5, 0.6) is 0 Å². The first kappa shape index (κ1) is 15.7. The third kappa shape index (κ3) is 6.67. The molecule has 0 amide bonds. The van der Waals surface area contributed by atoms with E-state index in [1.807, 2.05) is 0 Å². The molecular formula is C18H32N2. The summed E-state index contributed by atoms with van der Waals surface area (Å²) in [5.41, 5.74) is 0. The molecule has 114 valence electrons. The predicted octanol–water partition coefficient (Wildman–Crippen LogP) is 5.76. The Bertz CT molecular complexity index is 250. The third-order valence-corrected chi connectivity index (χ3v) is 4.92. The van der Waals surface area contributed by atoms with Gasteiger partial charge < -0.3 is 0 Å². The maximum Gasteiger partial charge on any atom is 0.0301 e. The van der Waals surface area contributed by atoms with Gasteiger partial charge >= 0.3 is 0 Å². The van der Waals surface area contributed by atoms with Crippen LogP contribution < -0.4 is 0 Å². The summed E-state index contributed by atoms with van der Waals surface area (Å²) in [5, 5.41) is 8.72. The summed E-state index contributed by atoms with van der Waals surface area (Å²) in [5.74, 6) is 1.37. The van der Waals surface area contributed by atoms with Gasteiger partial charge in [0.2, 0.25) is 0 Å². The van der Waals surface area contributed by atoms with Crippen molar-refractivity contribution in [3.8, 4) is 0 Å². The summed E-state index contributed by atoms with van der Waals surface area (Å²) in [6.45, 7) is 0. The Morgan fingerprint density at radius 1 is 0.450 bits per heavy atom. The van der Waals surface area contributed by atoms with Crippen LogP contribution in [0.1, 0.15) is 89.9 Å². The highest BCUT2D eigenvalue weighted by Gasteiger charge is 2.10. The van der Waals surface area contributed by atoms with Crippen molar-refractivity contribution in [2.24, 2.45) is 22.0 Å². The Kier molecular flexibility index (Phi) is 7.96. The van der Waals surface area contributed by atoms with Crippen molar-refractivity contribution in [3.05, 3.63) is 0 Å². The zero-order valence-corrected chi connectivity index (χ0v) is 13.1. The van der Waals surface area contributed by atoms with E-state index in [2.05, 4.69) is 22.6 Å². The molecule has 0 bridgehead atoms.